The van der Waals surface area contributed by atoms with E-state index in [1.54, 1.807) is 13.0 Å². The Balaban J connectivity index is 2.15. The van der Waals surface area contributed by atoms with Crippen molar-refractivity contribution >= 4 is 11.4 Å². The van der Waals surface area contributed by atoms with Gasteiger partial charge in [0.05, 0.1) is 11.5 Å². The second kappa shape index (κ2) is 5.99. The molecule has 0 bridgehead atoms. The van der Waals surface area contributed by atoms with E-state index in [9.17, 15) is 10.1 Å². The number of β-amino-alcohol motifs (C(OH)–C–C–N with tert-alkyl or cyclic N) is 1. The number of nitro benzene ring substituents is 1. The van der Waals surface area contributed by atoms with Gasteiger partial charge in [0.25, 0.3) is 5.69 Å². The number of hydrogen-bond acceptors (Lipinski definition) is 5. The van der Waals surface area contributed by atoms with Gasteiger partial charge in [-0.2, -0.15) is 0 Å². The summed E-state index contributed by atoms with van der Waals surface area (Å²) in [6.45, 7) is 5.75. The van der Waals surface area contributed by atoms with Crippen molar-refractivity contribution in [2.75, 3.05) is 44.2 Å². The lowest BCUT2D eigenvalue weighted by Crippen LogP contribution is -2.47. The monoisotopic (exact) mass is 265 g/mol. The lowest BCUT2D eigenvalue weighted by atomic mass is 10.1. The maximum Gasteiger partial charge on any atom is 0.295 e. The number of aryl methyl sites for hydroxylation is 1. The normalized spacial score (nSPS) is 16.6. The average Bonchev–Trinajstić information content (AvgIpc) is 2.39. The van der Waals surface area contributed by atoms with Crippen LogP contribution in [0.3, 0.4) is 0 Å². The summed E-state index contributed by atoms with van der Waals surface area (Å²) < 4.78 is 0. The molecule has 0 aromatic heterocycles. The Kier molecular flexibility index (Phi) is 4.34. The standard InChI is InChI=1S/C13H19N3O3/c1-11-3-2-4-12(13(11)16(18)19)15-7-5-14(6-8-15)9-10-17/h2-4,17H,5-10H2,1H3. The maximum absolute atomic E-state index is 11.2. The third kappa shape index (κ3) is 3.02. The van der Waals surface area contributed by atoms with E-state index < -0.39 is 0 Å². The van der Waals surface area contributed by atoms with E-state index in [1.165, 1.54) is 0 Å². The number of nitro groups is 1. The zero-order chi connectivity index (χ0) is 13.8. The minimum absolute atomic E-state index is 0.157. The van der Waals surface area contributed by atoms with Crippen LogP contribution in [0.5, 0.6) is 0 Å². The molecule has 1 aliphatic heterocycles. The van der Waals surface area contributed by atoms with E-state index in [0.717, 1.165) is 26.2 Å². The van der Waals surface area contributed by atoms with Gasteiger partial charge in [-0.1, -0.05) is 12.1 Å². The number of rotatable bonds is 4. The first kappa shape index (κ1) is 13.8. The molecule has 0 atom stereocenters. The molecule has 0 aliphatic carbocycles. The lowest BCUT2D eigenvalue weighted by molar-refractivity contribution is -0.384. The summed E-state index contributed by atoms with van der Waals surface area (Å²) >= 11 is 0. The number of aliphatic hydroxyl groups is 1. The fourth-order valence-electron chi connectivity index (χ4n) is 2.49. The molecule has 1 aromatic carbocycles. The molecule has 0 radical (unpaired) electrons. The predicted molar refractivity (Wildman–Crippen MR) is 73.6 cm³/mol. The van der Waals surface area contributed by atoms with Crippen molar-refractivity contribution in [2.24, 2.45) is 0 Å². The van der Waals surface area contributed by atoms with Gasteiger partial charge in [-0.3, -0.25) is 15.0 Å². The van der Waals surface area contributed by atoms with Crippen LogP contribution in [-0.2, 0) is 0 Å². The van der Waals surface area contributed by atoms with Crippen LogP contribution >= 0.6 is 0 Å². The molecule has 0 saturated carbocycles. The first-order valence-electron chi connectivity index (χ1n) is 6.45. The summed E-state index contributed by atoms with van der Waals surface area (Å²) in [7, 11) is 0. The second-order valence-electron chi connectivity index (χ2n) is 4.75. The van der Waals surface area contributed by atoms with Gasteiger partial charge in [0.1, 0.15) is 5.69 Å². The number of para-hydroxylation sites is 1. The van der Waals surface area contributed by atoms with Crippen LogP contribution in [0.25, 0.3) is 0 Å². The van der Waals surface area contributed by atoms with E-state index in [4.69, 9.17) is 5.11 Å². The van der Waals surface area contributed by atoms with Crippen LogP contribution in [-0.4, -0.2) is 54.3 Å². The highest BCUT2D eigenvalue weighted by Gasteiger charge is 2.24. The smallest absolute Gasteiger partial charge is 0.295 e. The van der Waals surface area contributed by atoms with E-state index in [0.29, 0.717) is 17.8 Å². The number of benzene rings is 1. The van der Waals surface area contributed by atoms with Crippen molar-refractivity contribution in [1.82, 2.24) is 4.90 Å². The van der Waals surface area contributed by atoms with Gasteiger partial charge < -0.3 is 10.0 Å². The van der Waals surface area contributed by atoms with E-state index >= 15 is 0 Å². The summed E-state index contributed by atoms with van der Waals surface area (Å²) in [5, 5.41) is 20.1. The highest BCUT2D eigenvalue weighted by atomic mass is 16.6. The Hall–Kier alpha value is -1.66. The van der Waals surface area contributed by atoms with Gasteiger partial charge in [-0.15, -0.1) is 0 Å². The molecule has 1 heterocycles. The molecule has 1 N–H and O–H groups in total. The first-order chi connectivity index (χ1) is 9.13. The van der Waals surface area contributed by atoms with E-state index in [-0.39, 0.29) is 17.2 Å². The van der Waals surface area contributed by atoms with Gasteiger partial charge in [0, 0.05) is 38.3 Å². The van der Waals surface area contributed by atoms with Crippen LogP contribution in [0.1, 0.15) is 5.56 Å². The van der Waals surface area contributed by atoms with Gasteiger partial charge in [-0.05, 0) is 13.0 Å². The van der Waals surface area contributed by atoms with Crippen LogP contribution in [0.15, 0.2) is 18.2 Å². The molecule has 6 nitrogen and oxygen atoms in total. The predicted octanol–water partition coefficient (Wildman–Crippen LogP) is 1.02. The highest BCUT2D eigenvalue weighted by Crippen LogP contribution is 2.31. The topological polar surface area (TPSA) is 69.8 Å². The van der Waals surface area contributed by atoms with E-state index in [1.807, 2.05) is 12.1 Å². The van der Waals surface area contributed by atoms with Gasteiger partial charge in [0.2, 0.25) is 0 Å². The molecule has 1 saturated heterocycles. The quantitative estimate of drug-likeness (QED) is 0.650. The molecule has 6 heteroatoms. The molecule has 0 spiro atoms. The van der Waals surface area contributed by atoms with E-state index in [2.05, 4.69) is 9.80 Å². The largest absolute Gasteiger partial charge is 0.395 e. The minimum Gasteiger partial charge on any atom is -0.395 e. The number of nitrogens with zero attached hydrogens (tertiary/aromatic N) is 3. The van der Waals surface area contributed by atoms with Crippen LogP contribution < -0.4 is 4.90 Å². The van der Waals surface area contributed by atoms with Crippen molar-refractivity contribution < 1.29 is 10.0 Å². The zero-order valence-electron chi connectivity index (χ0n) is 11.1. The number of aliphatic hydroxyl groups excluding tert-OH is 1. The van der Waals surface area contributed by atoms with Crippen molar-refractivity contribution in [1.29, 1.82) is 0 Å². The molecule has 1 aromatic rings. The molecule has 1 fully saturated rings. The molecule has 2 rings (SSSR count). The molecular weight excluding hydrogens is 246 g/mol. The summed E-state index contributed by atoms with van der Waals surface area (Å²) in [4.78, 5) is 15.1. The Labute approximate surface area is 112 Å². The van der Waals surface area contributed by atoms with Crippen molar-refractivity contribution in [3.05, 3.63) is 33.9 Å². The maximum atomic E-state index is 11.2. The second-order valence-corrected chi connectivity index (χ2v) is 4.75. The summed E-state index contributed by atoms with van der Waals surface area (Å²) in [5.41, 5.74) is 1.60. The van der Waals surface area contributed by atoms with Gasteiger partial charge >= 0.3 is 0 Å². The Morgan fingerprint density at radius 3 is 2.58 bits per heavy atom. The Bertz CT molecular complexity index is 456. The Morgan fingerprint density at radius 2 is 2.00 bits per heavy atom. The first-order valence-corrected chi connectivity index (χ1v) is 6.45. The SMILES string of the molecule is Cc1cccc(N2CCN(CCO)CC2)c1[N+](=O)[O-]. The van der Waals surface area contributed by atoms with Crippen molar-refractivity contribution in [3.8, 4) is 0 Å². The Morgan fingerprint density at radius 1 is 1.32 bits per heavy atom. The molecular formula is C13H19N3O3. The summed E-state index contributed by atoms with van der Waals surface area (Å²) in [5.74, 6) is 0. The lowest BCUT2D eigenvalue weighted by Gasteiger charge is -2.35. The number of piperazine rings is 1. The third-order valence-corrected chi connectivity index (χ3v) is 3.53. The summed E-state index contributed by atoms with van der Waals surface area (Å²) in [6.07, 6.45) is 0. The fourth-order valence-corrected chi connectivity index (χ4v) is 2.49. The molecule has 0 unspecified atom stereocenters. The summed E-state index contributed by atoms with van der Waals surface area (Å²) in [6, 6.07) is 5.44. The average molecular weight is 265 g/mol. The molecule has 19 heavy (non-hydrogen) atoms. The zero-order valence-corrected chi connectivity index (χ0v) is 11.1. The third-order valence-electron chi connectivity index (χ3n) is 3.53. The molecule has 104 valence electrons. The highest BCUT2D eigenvalue weighted by molar-refractivity contribution is 5.66. The number of anilines is 1. The van der Waals surface area contributed by atoms with Crippen molar-refractivity contribution in [3.63, 3.8) is 0 Å². The number of hydrogen-bond donors (Lipinski definition) is 1. The van der Waals surface area contributed by atoms with Gasteiger partial charge in [0.15, 0.2) is 0 Å². The van der Waals surface area contributed by atoms with Crippen LogP contribution in [0, 0.1) is 17.0 Å². The molecule has 0 amide bonds. The minimum atomic E-state index is -0.301. The fraction of sp³-hybridized carbons (Fsp3) is 0.538. The van der Waals surface area contributed by atoms with Crippen LogP contribution in [0.2, 0.25) is 0 Å². The van der Waals surface area contributed by atoms with Crippen LogP contribution in [0.4, 0.5) is 11.4 Å². The van der Waals surface area contributed by atoms with Crippen molar-refractivity contribution in [2.45, 2.75) is 6.92 Å². The molecule has 1 aliphatic rings. The van der Waals surface area contributed by atoms with Gasteiger partial charge in [-0.25, -0.2) is 0 Å².